The van der Waals surface area contributed by atoms with Crippen LogP contribution in [0.1, 0.15) is 61.9 Å². The summed E-state index contributed by atoms with van der Waals surface area (Å²) in [5.74, 6) is 0.549. The Morgan fingerprint density at radius 3 is 2.79 bits per heavy atom. The van der Waals surface area contributed by atoms with E-state index in [1.54, 1.807) is 11.1 Å². The number of carbonyl (C=O) groups is 2. The zero-order valence-corrected chi connectivity index (χ0v) is 16.8. The standard InChI is InChI=1S/C21H27N5O3/c1-13-3-5-15(22-12-13)10-19(27)23-18-11-17(24-25-18)14-4-6-16(9-14)26(20(28)29)21(2)7-8-21/h3,5,11-12,14,16H,4,6-10H2,1-2H3,(H,28,29)(H2,23,24,25,27)/t14-,16+/m0/s1. The van der Waals surface area contributed by atoms with Crippen LogP contribution in [-0.4, -0.2) is 48.8 Å². The van der Waals surface area contributed by atoms with Gasteiger partial charge in [0.2, 0.25) is 5.91 Å². The fourth-order valence-electron chi connectivity index (χ4n) is 4.29. The molecule has 0 unspecified atom stereocenters. The average Bonchev–Trinajstić information content (AvgIpc) is 3.07. The Morgan fingerprint density at radius 1 is 1.34 bits per heavy atom. The van der Waals surface area contributed by atoms with Crippen molar-refractivity contribution in [3.8, 4) is 0 Å². The van der Waals surface area contributed by atoms with Crippen LogP contribution in [0.15, 0.2) is 24.4 Å². The molecule has 0 bridgehead atoms. The molecule has 0 saturated heterocycles. The molecule has 2 aromatic heterocycles. The van der Waals surface area contributed by atoms with Gasteiger partial charge in [0.25, 0.3) is 0 Å². The third-order valence-electron chi connectivity index (χ3n) is 6.15. The van der Waals surface area contributed by atoms with E-state index in [1.165, 1.54) is 0 Å². The van der Waals surface area contributed by atoms with Gasteiger partial charge in [0, 0.05) is 41.1 Å². The monoisotopic (exact) mass is 397 g/mol. The SMILES string of the molecule is Cc1ccc(CC(=O)Nc2cc([C@H]3CC[C@@H](N(C(=O)O)C4(C)CC4)C3)[nH]n2)nc1. The first-order valence-corrected chi connectivity index (χ1v) is 10.1. The van der Waals surface area contributed by atoms with Gasteiger partial charge in [0.05, 0.1) is 6.42 Å². The number of rotatable bonds is 6. The van der Waals surface area contributed by atoms with Crippen LogP contribution in [0.3, 0.4) is 0 Å². The summed E-state index contributed by atoms with van der Waals surface area (Å²) in [6.45, 7) is 3.98. The van der Waals surface area contributed by atoms with E-state index >= 15 is 0 Å². The van der Waals surface area contributed by atoms with Gasteiger partial charge in [-0.25, -0.2) is 4.79 Å². The van der Waals surface area contributed by atoms with Crippen molar-refractivity contribution in [1.82, 2.24) is 20.1 Å². The highest BCUT2D eigenvalue weighted by molar-refractivity contribution is 5.91. The molecule has 0 radical (unpaired) electrons. The summed E-state index contributed by atoms with van der Waals surface area (Å²) in [6.07, 6.45) is 5.55. The summed E-state index contributed by atoms with van der Waals surface area (Å²) >= 11 is 0. The molecule has 8 nitrogen and oxygen atoms in total. The number of carbonyl (C=O) groups excluding carboxylic acids is 1. The summed E-state index contributed by atoms with van der Waals surface area (Å²) in [5.41, 5.74) is 2.52. The van der Waals surface area contributed by atoms with E-state index < -0.39 is 6.09 Å². The Labute approximate surface area is 169 Å². The van der Waals surface area contributed by atoms with Gasteiger partial charge in [-0.1, -0.05) is 6.07 Å². The molecule has 2 fully saturated rings. The minimum Gasteiger partial charge on any atom is -0.465 e. The molecule has 2 heterocycles. The van der Waals surface area contributed by atoms with Crippen molar-refractivity contribution in [2.75, 3.05) is 5.32 Å². The summed E-state index contributed by atoms with van der Waals surface area (Å²) in [4.78, 5) is 29.9. The summed E-state index contributed by atoms with van der Waals surface area (Å²) in [5, 5.41) is 19.7. The normalized spacial score (nSPS) is 22.3. The van der Waals surface area contributed by atoms with Crippen LogP contribution >= 0.6 is 0 Å². The maximum absolute atomic E-state index is 12.3. The maximum atomic E-state index is 12.3. The number of aryl methyl sites for hydroxylation is 1. The molecule has 2 aliphatic rings. The van der Waals surface area contributed by atoms with Gasteiger partial charge in [-0.2, -0.15) is 5.10 Å². The molecule has 2 amide bonds. The molecule has 0 aliphatic heterocycles. The van der Waals surface area contributed by atoms with Gasteiger partial charge in [0.15, 0.2) is 5.82 Å². The zero-order valence-electron chi connectivity index (χ0n) is 16.8. The number of carboxylic acid groups (broad SMARTS) is 1. The molecular formula is C21H27N5O3. The molecule has 2 saturated carbocycles. The predicted octanol–water partition coefficient (Wildman–Crippen LogP) is 3.46. The van der Waals surface area contributed by atoms with Gasteiger partial charge in [-0.15, -0.1) is 0 Å². The first-order valence-electron chi connectivity index (χ1n) is 10.1. The fraction of sp³-hybridized carbons (Fsp3) is 0.524. The van der Waals surface area contributed by atoms with Gasteiger partial charge >= 0.3 is 6.09 Å². The van der Waals surface area contributed by atoms with Crippen LogP contribution in [-0.2, 0) is 11.2 Å². The van der Waals surface area contributed by atoms with Crippen molar-refractivity contribution in [3.05, 3.63) is 41.3 Å². The average molecular weight is 397 g/mol. The molecule has 3 N–H and O–H groups in total. The highest BCUT2D eigenvalue weighted by Gasteiger charge is 2.50. The Balaban J connectivity index is 1.35. The molecule has 2 aromatic rings. The van der Waals surface area contributed by atoms with Crippen LogP contribution in [0, 0.1) is 6.92 Å². The van der Waals surface area contributed by atoms with Crippen molar-refractivity contribution >= 4 is 17.8 Å². The second-order valence-corrected chi connectivity index (χ2v) is 8.57. The van der Waals surface area contributed by atoms with E-state index in [4.69, 9.17) is 0 Å². The number of nitrogens with zero attached hydrogens (tertiary/aromatic N) is 3. The van der Waals surface area contributed by atoms with Crippen LogP contribution in [0.4, 0.5) is 10.6 Å². The van der Waals surface area contributed by atoms with Crippen molar-refractivity contribution in [2.24, 2.45) is 0 Å². The quantitative estimate of drug-likeness (QED) is 0.691. The Bertz CT molecular complexity index is 903. The number of H-pyrrole nitrogens is 1. The first-order chi connectivity index (χ1) is 13.8. The number of aromatic nitrogens is 3. The number of pyridine rings is 1. The highest BCUT2D eigenvalue weighted by atomic mass is 16.4. The largest absolute Gasteiger partial charge is 0.465 e. The lowest BCUT2D eigenvalue weighted by Crippen LogP contribution is -2.45. The number of nitrogens with one attached hydrogen (secondary N) is 2. The van der Waals surface area contributed by atoms with E-state index in [2.05, 4.69) is 20.5 Å². The summed E-state index contributed by atoms with van der Waals surface area (Å²) < 4.78 is 0. The highest BCUT2D eigenvalue weighted by Crippen LogP contribution is 2.47. The maximum Gasteiger partial charge on any atom is 0.408 e. The number of hydrogen-bond donors (Lipinski definition) is 3. The molecule has 29 heavy (non-hydrogen) atoms. The number of hydrogen-bond acceptors (Lipinski definition) is 4. The van der Waals surface area contributed by atoms with E-state index in [0.29, 0.717) is 11.5 Å². The third kappa shape index (κ3) is 4.26. The van der Waals surface area contributed by atoms with Crippen LogP contribution in [0.2, 0.25) is 0 Å². The smallest absolute Gasteiger partial charge is 0.408 e. The fourth-order valence-corrected chi connectivity index (χ4v) is 4.29. The zero-order chi connectivity index (χ0) is 20.6. The third-order valence-corrected chi connectivity index (χ3v) is 6.15. The lowest BCUT2D eigenvalue weighted by molar-refractivity contribution is -0.115. The van der Waals surface area contributed by atoms with Crippen LogP contribution in [0.25, 0.3) is 0 Å². The van der Waals surface area contributed by atoms with Gasteiger partial charge < -0.3 is 10.4 Å². The first kappa shape index (κ1) is 19.4. The molecule has 0 spiro atoms. The molecule has 4 rings (SSSR count). The topological polar surface area (TPSA) is 111 Å². The predicted molar refractivity (Wildman–Crippen MR) is 108 cm³/mol. The van der Waals surface area contributed by atoms with E-state index in [1.807, 2.05) is 32.0 Å². The number of amides is 2. The van der Waals surface area contributed by atoms with Crippen LogP contribution in [0.5, 0.6) is 0 Å². The van der Waals surface area contributed by atoms with Crippen molar-refractivity contribution in [2.45, 2.75) is 69.9 Å². The van der Waals surface area contributed by atoms with E-state index in [9.17, 15) is 14.7 Å². The van der Waals surface area contributed by atoms with Crippen molar-refractivity contribution in [1.29, 1.82) is 0 Å². The van der Waals surface area contributed by atoms with Gasteiger partial charge in [-0.3, -0.25) is 19.8 Å². The molecular weight excluding hydrogens is 370 g/mol. The molecule has 2 aliphatic carbocycles. The van der Waals surface area contributed by atoms with Gasteiger partial charge in [0.1, 0.15) is 0 Å². The van der Waals surface area contributed by atoms with E-state index in [-0.39, 0.29) is 29.8 Å². The van der Waals surface area contributed by atoms with Gasteiger partial charge in [-0.05, 0) is 57.6 Å². The number of aromatic amines is 1. The Kier molecular flexibility index (Phi) is 5.02. The lowest BCUT2D eigenvalue weighted by atomic mass is 10.0. The summed E-state index contributed by atoms with van der Waals surface area (Å²) in [6, 6.07) is 5.68. The minimum atomic E-state index is -0.821. The minimum absolute atomic E-state index is 0.0407. The lowest BCUT2D eigenvalue weighted by Gasteiger charge is -2.32. The molecule has 154 valence electrons. The molecule has 2 atom stereocenters. The van der Waals surface area contributed by atoms with Crippen LogP contribution < -0.4 is 5.32 Å². The molecule has 0 aromatic carbocycles. The number of anilines is 1. The molecule has 8 heteroatoms. The van der Waals surface area contributed by atoms with E-state index in [0.717, 1.165) is 43.4 Å². The van der Waals surface area contributed by atoms with Crippen molar-refractivity contribution in [3.63, 3.8) is 0 Å². The van der Waals surface area contributed by atoms with Crippen molar-refractivity contribution < 1.29 is 14.7 Å². The Morgan fingerprint density at radius 2 is 2.14 bits per heavy atom. The second kappa shape index (κ2) is 7.50. The summed E-state index contributed by atoms with van der Waals surface area (Å²) in [7, 11) is 0. The Hall–Kier alpha value is -2.90. The second-order valence-electron chi connectivity index (χ2n) is 8.57.